The third kappa shape index (κ3) is 4.48. The summed E-state index contributed by atoms with van der Waals surface area (Å²) in [5, 5.41) is 1.26. The van der Waals surface area contributed by atoms with Crippen LogP contribution in [0.15, 0.2) is 194 Å². The first-order chi connectivity index (χ1) is 26.8. The summed E-state index contributed by atoms with van der Waals surface area (Å²) in [7, 11) is 0. The van der Waals surface area contributed by atoms with Gasteiger partial charge in [0.05, 0.1) is 33.4 Å². The van der Waals surface area contributed by atoms with Crippen LogP contribution in [0.4, 0.5) is 0 Å². The van der Waals surface area contributed by atoms with Gasteiger partial charge in [0.25, 0.3) is 0 Å². The highest BCUT2D eigenvalue weighted by Gasteiger charge is 2.51. The van der Waals surface area contributed by atoms with E-state index in [4.69, 9.17) is 9.97 Å². The van der Waals surface area contributed by atoms with Gasteiger partial charge in [0.1, 0.15) is 0 Å². The Morgan fingerprint density at radius 1 is 0.519 bits per heavy atom. The van der Waals surface area contributed by atoms with Crippen LogP contribution >= 0.6 is 0 Å². The lowest BCUT2D eigenvalue weighted by atomic mass is 9.65. The molecular formula is C51H35N3. The minimum Gasteiger partial charge on any atom is -0.313 e. The minimum atomic E-state index is -0.395. The molecule has 2 aliphatic rings. The fraction of sp³-hybridized carbons (Fsp3) is 0.0588. The van der Waals surface area contributed by atoms with Gasteiger partial charge in [0.15, 0.2) is 0 Å². The van der Waals surface area contributed by atoms with Crippen LogP contribution in [0.5, 0.6) is 0 Å². The van der Waals surface area contributed by atoms with Crippen molar-refractivity contribution >= 4 is 28.0 Å². The molecule has 3 nitrogen and oxygen atoms in total. The Morgan fingerprint density at radius 3 is 1.74 bits per heavy atom. The van der Waals surface area contributed by atoms with Crippen LogP contribution in [0.3, 0.4) is 0 Å². The fourth-order valence-electron chi connectivity index (χ4n) is 9.44. The van der Waals surface area contributed by atoms with Crippen LogP contribution in [-0.2, 0) is 11.8 Å². The lowest BCUT2D eigenvalue weighted by Crippen LogP contribution is -2.30. The molecule has 2 heterocycles. The number of nitrogens with zero attached hydrogens (tertiary/aromatic N) is 3. The average molecular weight is 690 g/mol. The van der Waals surface area contributed by atoms with Crippen LogP contribution < -0.4 is 0 Å². The average Bonchev–Trinajstić information content (AvgIpc) is 3.73. The van der Waals surface area contributed by atoms with Crippen molar-refractivity contribution in [2.24, 2.45) is 0 Å². The maximum atomic E-state index is 5.37. The minimum absolute atomic E-state index is 0.218. The van der Waals surface area contributed by atoms with Gasteiger partial charge in [0, 0.05) is 39.4 Å². The SMILES string of the molecule is C1=C2C(Cc3c1c1ccccc1n3-c1ccc3nc(-c4ccccc4)c(-c4ccccc4)nc3c1)c1ccccc1C2(c1ccccc1)c1ccccc1. The Bertz CT molecular complexity index is 2850. The van der Waals surface area contributed by atoms with E-state index < -0.39 is 5.41 Å². The summed E-state index contributed by atoms with van der Waals surface area (Å²) >= 11 is 0. The van der Waals surface area contributed by atoms with Crippen molar-refractivity contribution in [2.45, 2.75) is 17.8 Å². The van der Waals surface area contributed by atoms with Crippen molar-refractivity contribution in [2.75, 3.05) is 0 Å². The topological polar surface area (TPSA) is 30.7 Å². The molecule has 0 aliphatic heterocycles. The normalized spacial score (nSPS) is 15.4. The van der Waals surface area contributed by atoms with Crippen molar-refractivity contribution in [3.8, 4) is 28.2 Å². The van der Waals surface area contributed by atoms with Crippen molar-refractivity contribution in [1.29, 1.82) is 0 Å². The largest absolute Gasteiger partial charge is 0.313 e. The summed E-state index contributed by atoms with van der Waals surface area (Å²) in [5.74, 6) is 0.218. The highest BCUT2D eigenvalue weighted by molar-refractivity contribution is 5.96. The molecule has 11 rings (SSSR count). The molecule has 0 radical (unpaired) electrons. The van der Waals surface area contributed by atoms with Gasteiger partial charge >= 0.3 is 0 Å². The molecule has 9 aromatic rings. The van der Waals surface area contributed by atoms with E-state index in [-0.39, 0.29) is 5.92 Å². The first-order valence-electron chi connectivity index (χ1n) is 18.8. The number of hydrogen-bond acceptors (Lipinski definition) is 2. The quantitative estimate of drug-likeness (QED) is 0.180. The predicted molar refractivity (Wildman–Crippen MR) is 221 cm³/mol. The number of allylic oxidation sites excluding steroid dienone is 1. The van der Waals surface area contributed by atoms with E-state index in [2.05, 4.69) is 187 Å². The maximum Gasteiger partial charge on any atom is 0.0973 e. The fourth-order valence-corrected chi connectivity index (χ4v) is 9.44. The molecule has 254 valence electrons. The second kappa shape index (κ2) is 12.1. The molecule has 2 aromatic heterocycles. The molecule has 2 aliphatic carbocycles. The summed E-state index contributed by atoms with van der Waals surface area (Å²) in [5.41, 5.74) is 17.0. The number of para-hydroxylation sites is 1. The standard InChI is InChI=1S/C51H35N3/c1-5-17-34(18-6-1)49-50(35-19-7-2-8-20-35)53-46-31-38(29-30-45(46)52-49)54-47-28-16-14-26-40(47)42-32-44-41(33-48(42)54)39-25-13-15-27-43(39)51(44,36-21-9-3-10-22-36)37-23-11-4-12-24-37/h1-32,41H,33H2. The summed E-state index contributed by atoms with van der Waals surface area (Å²) in [6, 6.07) is 67.7. The smallest absolute Gasteiger partial charge is 0.0973 e. The molecule has 0 saturated heterocycles. The predicted octanol–water partition coefficient (Wildman–Crippen LogP) is 12.0. The van der Waals surface area contributed by atoms with E-state index in [0.717, 1.165) is 45.7 Å². The van der Waals surface area contributed by atoms with E-state index in [1.807, 2.05) is 12.1 Å². The van der Waals surface area contributed by atoms with Gasteiger partial charge in [-0.3, -0.25) is 0 Å². The molecule has 0 amide bonds. The van der Waals surface area contributed by atoms with Gasteiger partial charge in [-0.2, -0.15) is 0 Å². The molecule has 0 saturated carbocycles. The Kier molecular flexibility index (Phi) is 6.90. The van der Waals surface area contributed by atoms with Crippen molar-refractivity contribution in [3.05, 3.63) is 227 Å². The van der Waals surface area contributed by atoms with E-state index >= 15 is 0 Å². The number of fused-ring (bicyclic) bond motifs is 7. The van der Waals surface area contributed by atoms with Crippen molar-refractivity contribution in [1.82, 2.24) is 14.5 Å². The van der Waals surface area contributed by atoms with Crippen LogP contribution in [0.2, 0.25) is 0 Å². The van der Waals surface area contributed by atoms with Gasteiger partial charge in [-0.05, 0) is 58.5 Å². The van der Waals surface area contributed by atoms with Gasteiger partial charge in [-0.15, -0.1) is 0 Å². The zero-order chi connectivity index (χ0) is 35.6. The zero-order valence-corrected chi connectivity index (χ0v) is 29.6. The van der Waals surface area contributed by atoms with E-state index in [0.29, 0.717) is 0 Å². The van der Waals surface area contributed by atoms with Crippen LogP contribution in [-0.4, -0.2) is 14.5 Å². The molecule has 3 heteroatoms. The number of benzene rings is 7. The van der Waals surface area contributed by atoms with Gasteiger partial charge in [0.2, 0.25) is 0 Å². The van der Waals surface area contributed by atoms with E-state index in [1.54, 1.807) is 0 Å². The molecule has 0 N–H and O–H groups in total. The highest BCUT2D eigenvalue weighted by atomic mass is 15.0. The first kappa shape index (κ1) is 30.8. The lowest BCUT2D eigenvalue weighted by molar-refractivity contribution is 0.680. The molecular weight excluding hydrogens is 655 g/mol. The second-order valence-corrected chi connectivity index (χ2v) is 14.5. The van der Waals surface area contributed by atoms with Gasteiger partial charge in [-0.25, -0.2) is 9.97 Å². The summed E-state index contributed by atoms with van der Waals surface area (Å²) < 4.78 is 2.49. The maximum absolute atomic E-state index is 5.37. The Balaban J connectivity index is 1.15. The molecule has 0 fully saturated rings. The summed E-state index contributed by atoms with van der Waals surface area (Å²) in [6.07, 6.45) is 3.43. The summed E-state index contributed by atoms with van der Waals surface area (Å²) in [4.78, 5) is 10.6. The van der Waals surface area contributed by atoms with Gasteiger partial charge < -0.3 is 4.57 Å². The van der Waals surface area contributed by atoms with Crippen molar-refractivity contribution in [3.63, 3.8) is 0 Å². The lowest BCUT2D eigenvalue weighted by Gasteiger charge is -2.36. The first-order valence-corrected chi connectivity index (χ1v) is 18.8. The van der Waals surface area contributed by atoms with Crippen LogP contribution in [0.1, 0.15) is 39.4 Å². The number of hydrogen-bond donors (Lipinski definition) is 0. The number of aromatic nitrogens is 3. The third-order valence-electron chi connectivity index (χ3n) is 11.7. The Hall–Kier alpha value is -6.84. The molecule has 54 heavy (non-hydrogen) atoms. The van der Waals surface area contributed by atoms with E-state index in [1.165, 1.54) is 50.0 Å². The summed E-state index contributed by atoms with van der Waals surface area (Å²) in [6.45, 7) is 0. The van der Waals surface area contributed by atoms with Gasteiger partial charge in [-0.1, -0.05) is 170 Å². The molecule has 0 spiro atoms. The van der Waals surface area contributed by atoms with Crippen LogP contribution in [0, 0.1) is 0 Å². The molecule has 0 bridgehead atoms. The van der Waals surface area contributed by atoms with Crippen LogP contribution in [0.25, 0.3) is 56.2 Å². The van der Waals surface area contributed by atoms with Crippen molar-refractivity contribution < 1.29 is 0 Å². The molecule has 7 aromatic carbocycles. The molecule has 1 unspecified atom stereocenters. The third-order valence-corrected chi connectivity index (χ3v) is 11.7. The Labute approximate surface area is 314 Å². The second-order valence-electron chi connectivity index (χ2n) is 14.5. The highest BCUT2D eigenvalue weighted by Crippen LogP contribution is 2.60. The monoisotopic (exact) mass is 689 g/mol. The Morgan fingerprint density at radius 2 is 1.07 bits per heavy atom. The molecule has 1 atom stereocenters. The number of rotatable bonds is 5. The van der Waals surface area contributed by atoms with E-state index in [9.17, 15) is 0 Å². The zero-order valence-electron chi connectivity index (χ0n) is 29.6.